The van der Waals surface area contributed by atoms with Gasteiger partial charge in [0.05, 0.1) is 48.5 Å². The Morgan fingerprint density at radius 3 is 2.54 bits per heavy atom. The molecule has 3 aliphatic heterocycles. The largest absolute Gasteiger partial charge is 0.380 e. The maximum atomic E-state index is 15.0. The molecule has 2 N–H and O–H groups in total. The zero-order valence-corrected chi connectivity index (χ0v) is 34.6. The summed E-state index contributed by atoms with van der Waals surface area (Å²) < 4.78 is 55.8. The lowest BCUT2D eigenvalue weighted by atomic mass is 9.85. The molecule has 5 aromatic heterocycles. The minimum atomic E-state index is -2.87. The highest BCUT2D eigenvalue weighted by atomic mass is 19.3. The van der Waals surface area contributed by atoms with Gasteiger partial charge < -0.3 is 19.9 Å². The molecule has 1 saturated carbocycles. The fraction of sp³-hybridized carbons (Fsp3) is 0.488. The number of fused-ring (bicyclic) bond motifs is 2. The number of alkyl halides is 2. The average Bonchev–Trinajstić information content (AvgIpc) is 4.08. The summed E-state index contributed by atoms with van der Waals surface area (Å²) in [6, 6.07) is 4.09. The molecule has 17 nitrogen and oxygen atoms in total. The van der Waals surface area contributed by atoms with Gasteiger partial charge in [-0.25, -0.2) is 22.7 Å². The van der Waals surface area contributed by atoms with E-state index in [1.165, 1.54) is 33.7 Å². The average molecular weight is 868 g/mol. The third-order valence-corrected chi connectivity index (χ3v) is 13.1. The summed E-state index contributed by atoms with van der Waals surface area (Å²) in [6.07, 6.45) is 13.7. The Bertz CT molecular complexity index is 2650. The van der Waals surface area contributed by atoms with Crippen molar-refractivity contribution in [1.29, 1.82) is 0 Å². The first kappa shape index (κ1) is 40.9. The number of halogens is 3. The number of hydrogen-bond acceptors (Lipinski definition) is 11. The number of nitrogens with zero attached hydrogens (tertiary/aromatic N) is 11. The molecule has 0 radical (unpaired) electrons. The Balaban J connectivity index is 0.735. The quantitative estimate of drug-likeness (QED) is 0.161. The summed E-state index contributed by atoms with van der Waals surface area (Å²) in [5.74, 6) is -0.649. The number of anilines is 2. The number of carbonyl (C=O) groups is 3. The number of likely N-dealkylation sites (tertiary alicyclic amines) is 1. The zero-order valence-electron chi connectivity index (χ0n) is 34.6. The number of rotatable bonds is 10. The number of carbonyl (C=O) groups excluding carboxylic acids is 3. The number of ether oxygens (including phenoxy) is 1. The zero-order chi connectivity index (χ0) is 43.2. The summed E-state index contributed by atoms with van der Waals surface area (Å²) in [7, 11) is 0. The van der Waals surface area contributed by atoms with Crippen LogP contribution in [0.15, 0.2) is 55.4 Å². The number of nitrogens with one attached hydrogen (secondary N) is 2. The van der Waals surface area contributed by atoms with Crippen molar-refractivity contribution < 1.29 is 32.3 Å². The number of benzene rings is 1. The second kappa shape index (κ2) is 17.2. The number of hydrogen-bond donors (Lipinski definition) is 2. The van der Waals surface area contributed by atoms with E-state index < -0.39 is 35.8 Å². The summed E-state index contributed by atoms with van der Waals surface area (Å²) >= 11 is 0. The highest BCUT2D eigenvalue weighted by Gasteiger charge is 2.32. The predicted molar refractivity (Wildman–Crippen MR) is 224 cm³/mol. The Morgan fingerprint density at radius 2 is 1.73 bits per heavy atom. The number of amides is 3. The lowest BCUT2D eigenvalue weighted by molar-refractivity contribution is -0.135. The topological polar surface area (TPSA) is 175 Å². The molecule has 6 aromatic rings. The molecule has 3 saturated heterocycles. The summed E-state index contributed by atoms with van der Waals surface area (Å²) in [6.45, 7) is 5.45. The molecule has 4 aliphatic rings. The lowest BCUT2D eigenvalue weighted by Gasteiger charge is -2.36. The van der Waals surface area contributed by atoms with Gasteiger partial charge in [0, 0.05) is 75.3 Å². The molecule has 4 fully saturated rings. The van der Waals surface area contributed by atoms with Crippen LogP contribution in [-0.2, 0) is 14.3 Å². The maximum Gasteiger partial charge on any atom is 0.284 e. The fourth-order valence-electron chi connectivity index (χ4n) is 9.72. The molecular formula is C43H48F3N13O4. The SMILES string of the molecule is O=C1CCC(n2ncc3c(-c4cnn(C5CCN(CC6CCC(n7cc(NC(=O)c8cnn9ccc(N%10CCCOCC%10)nc89)c(C(F)F)n7)CC6)CC5)c4)cc(F)cc32)C(=O)N1. The van der Waals surface area contributed by atoms with Gasteiger partial charge in [0.1, 0.15) is 23.2 Å². The third kappa shape index (κ3) is 8.28. The molecule has 1 aromatic carbocycles. The van der Waals surface area contributed by atoms with Crippen LogP contribution in [0.1, 0.15) is 98.4 Å². The Morgan fingerprint density at radius 1 is 0.905 bits per heavy atom. The molecule has 63 heavy (non-hydrogen) atoms. The molecule has 1 atom stereocenters. The molecule has 20 heteroatoms. The van der Waals surface area contributed by atoms with Crippen LogP contribution in [0.25, 0.3) is 27.7 Å². The molecule has 10 rings (SSSR count). The van der Waals surface area contributed by atoms with Crippen molar-refractivity contribution in [2.45, 2.75) is 82.3 Å². The highest BCUT2D eigenvalue weighted by molar-refractivity contribution is 6.08. The second-order valence-electron chi connectivity index (χ2n) is 17.1. The maximum absolute atomic E-state index is 15.0. The van der Waals surface area contributed by atoms with Gasteiger partial charge in [-0.15, -0.1) is 0 Å². The molecule has 330 valence electrons. The molecule has 1 aliphatic carbocycles. The van der Waals surface area contributed by atoms with Gasteiger partial charge in [-0.05, 0) is 81.0 Å². The van der Waals surface area contributed by atoms with Crippen molar-refractivity contribution >= 4 is 45.8 Å². The molecule has 3 amide bonds. The number of piperidine rings is 2. The van der Waals surface area contributed by atoms with Crippen LogP contribution in [0.2, 0.25) is 0 Å². The van der Waals surface area contributed by atoms with E-state index in [1.807, 2.05) is 16.9 Å². The molecule has 1 unspecified atom stereocenters. The first-order chi connectivity index (χ1) is 30.6. The molecular weight excluding hydrogens is 820 g/mol. The van der Waals surface area contributed by atoms with Crippen LogP contribution in [0, 0.1) is 11.7 Å². The van der Waals surface area contributed by atoms with Gasteiger partial charge in [-0.3, -0.25) is 33.7 Å². The Labute approximate surface area is 359 Å². The third-order valence-electron chi connectivity index (χ3n) is 13.1. The van der Waals surface area contributed by atoms with Crippen molar-refractivity contribution in [3.05, 3.63) is 72.5 Å². The van der Waals surface area contributed by atoms with Crippen LogP contribution >= 0.6 is 0 Å². The van der Waals surface area contributed by atoms with E-state index in [-0.39, 0.29) is 35.7 Å². The van der Waals surface area contributed by atoms with Crippen LogP contribution in [-0.4, -0.2) is 112 Å². The number of imide groups is 1. The monoisotopic (exact) mass is 867 g/mol. The van der Waals surface area contributed by atoms with E-state index in [0.29, 0.717) is 60.0 Å². The fourth-order valence-corrected chi connectivity index (χ4v) is 9.72. The van der Waals surface area contributed by atoms with Gasteiger partial charge >= 0.3 is 0 Å². The summed E-state index contributed by atoms with van der Waals surface area (Å²) in [5.41, 5.74) is 1.91. The van der Waals surface area contributed by atoms with Crippen molar-refractivity contribution in [3.8, 4) is 11.1 Å². The number of aromatic nitrogens is 9. The minimum absolute atomic E-state index is 0.0189. The van der Waals surface area contributed by atoms with E-state index in [4.69, 9.17) is 9.72 Å². The van der Waals surface area contributed by atoms with Gasteiger partial charge in [-0.2, -0.15) is 20.4 Å². The van der Waals surface area contributed by atoms with E-state index in [0.717, 1.165) is 76.7 Å². The van der Waals surface area contributed by atoms with Gasteiger partial charge in [0.2, 0.25) is 5.91 Å². The van der Waals surface area contributed by atoms with Crippen molar-refractivity contribution in [2.24, 2.45) is 5.92 Å². The van der Waals surface area contributed by atoms with Crippen molar-refractivity contribution in [2.75, 3.05) is 56.2 Å². The predicted octanol–water partition coefficient (Wildman–Crippen LogP) is 5.74. The lowest BCUT2D eigenvalue weighted by Crippen LogP contribution is -2.42. The first-order valence-electron chi connectivity index (χ1n) is 21.8. The highest BCUT2D eigenvalue weighted by Crippen LogP contribution is 2.37. The standard InChI is InChI=1S/C43H48F3N13O4/c44-28-18-31(32-21-49-59(36(32)19-28)35-6-7-38(60)52-43(35)62)27-20-47-57(24-27)30-8-12-54(13-9-30)23-26-2-4-29(5-3-26)58-25-34(39(53-58)40(45)46)50-42(61)33-22-48-56-14-10-37(51-41(33)56)55-11-1-16-63-17-15-55/h10,14,18-22,24-26,29-30,35,40H,1-9,11-13,15-17,23H2,(H,50,61)(H,52,60,62). The molecule has 8 heterocycles. The first-order valence-corrected chi connectivity index (χ1v) is 21.8. The van der Waals surface area contributed by atoms with E-state index >= 15 is 4.39 Å². The van der Waals surface area contributed by atoms with Gasteiger partial charge in [0.25, 0.3) is 18.2 Å². The van der Waals surface area contributed by atoms with Gasteiger partial charge in [0.15, 0.2) is 11.3 Å². The Kier molecular flexibility index (Phi) is 11.2. The summed E-state index contributed by atoms with van der Waals surface area (Å²) in [5, 5.41) is 23.4. The van der Waals surface area contributed by atoms with E-state index in [2.05, 4.69) is 40.8 Å². The minimum Gasteiger partial charge on any atom is -0.380 e. The second-order valence-corrected chi connectivity index (χ2v) is 17.1. The normalized spacial score (nSPS) is 22.0. The molecule has 0 bridgehead atoms. The smallest absolute Gasteiger partial charge is 0.284 e. The van der Waals surface area contributed by atoms with Crippen LogP contribution in [0.3, 0.4) is 0 Å². The van der Waals surface area contributed by atoms with E-state index in [9.17, 15) is 23.2 Å². The van der Waals surface area contributed by atoms with E-state index in [1.54, 1.807) is 23.3 Å². The van der Waals surface area contributed by atoms with Crippen molar-refractivity contribution in [1.82, 2.24) is 54.2 Å². The van der Waals surface area contributed by atoms with Crippen LogP contribution in [0.5, 0.6) is 0 Å². The summed E-state index contributed by atoms with van der Waals surface area (Å²) in [4.78, 5) is 47.1. The van der Waals surface area contributed by atoms with Crippen LogP contribution < -0.4 is 15.5 Å². The van der Waals surface area contributed by atoms with Crippen molar-refractivity contribution in [3.63, 3.8) is 0 Å². The molecule has 0 spiro atoms. The van der Waals surface area contributed by atoms with Gasteiger partial charge in [-0.1, -0.05) is 0 Å². The van der Waals surface area contributed by atoms with Crippen LogP contribution in [0.4, 0.5) is 24.7 Å². The Hall–Kier alpha value is -6.15.